The summed E-state index contributed by atoms with van der Waals surface area (Å²) in [4.78, 5) is 11.9. The molecule has 1 heterocycles. The maximum Gasteiger partial charge on any atom is 0.257 e. The molecule has 0 aliphatic heterocycles. The van der Waals surface area contributed by atoms with Gasteiger partial charge in [-0.2, -0.15) is 0 Å². The zero-order valence-electron chi connectivity index (χ0n) is 10.7. The van der Waals surface area contributed by atoms with Crippen LogP contribution in [0.3, 0.4) is 0 Å². The fourth-order valence-electron chi connectivity index (χ4n) is 1.54. The van der Waals surface area contributed by atoms with E-state index in [9.17, 15) is 4.79 Å². The molecule has 6 heteroatoms. The molecule has 1 aromatic heterocycles. The van der Waals surface area contributed by atoms with Crippen molar-refractivity contribution in [2.24, 2.45) is 0 Å². The molecule has 1 amide bonds. The topological polar surface area (TPSA) is 80.9 Å². The van der Waals surface area contributed by atoms with Gasteiger partial charge in [0.05, 0.1) is 0 Å². The van der Waals surface area contributed by atoms with Gasteiger partial charge in [-0.1, -0.05) is 24.7 Å². The van der Waals surface area contributed by atoms with Gasteiger partial charge in [-0.05, 0) is 30.7 Å². The van der Waals surface area contributed by atoms with Crippen LogP contribution in [-0.4, -0.2) is 16.1 Å². The molecule has 2 rings (SSSR count). The normalized spacial score (nSPS) is 10.4. The van der Waals surface area contributed by atoms with E-state index in [2.05, 4.69) is 22.4 Å². The summed E-state index contributed by atoms with van der Waals surface area (Å²) in [5.74, 6) is -0.196. The van der Waals surface area contributed by atoms with Crippen molar-refractivity contribution in [1.29, 1.82) is 0 Å². The third-order valence-corrected chi connectivity index (χ3v) is 3.50. The van der Waals surface area contributed by atoms with E-state index in [1.807, 2.05) is 0 Å². The number of hydrogen-bond acceptors (Lipinski definition) is 5. The van der Waals surface area contributed by atoms with E-state index in [0.717, 1.165) is 24.3 Å². The second-order valence-electron chi connectivity index (χ2n) is 4.18. The molecule has 0 fully saturated rings. The summed E-state index contributed by atoms with van der Waals surface area (Å²) in [7, 11) is 0. The summed E-state index contributed by atoms with van der Waals surface area (Å²) in [6, 6.07) is 6.76. The Morgan fingerprint density at radius 3 is 2.74 bits per heavy atom. The van der Waals surface area contributed by atoms with Gasteiger partial charge in [0.15, 0.2) is 0 Å². The molecule has 0 atom stereocenters. The van der Waals surface area contributed by atoms with E-state index >= 15 is 0 Å². The molecule has 0 unspecified atom stereocenters. The van der Waals surface area contributed by atoms with Crippen LogP contribution in [-0.2, 0) is 6.42 Å². The zero-order chi connectivity index (χ0) is 13.7. The Kier molecular flexibility index (Phi) is 4.46. The standard InChI is InChI=1S/C13H16N4OS/c1-2-3-4-11-16-17-13(19-11)15-12(18)9-5-7-10(14)8-6-9/h5-8H,2-4,14H2,1H3,(H,15,17,18). The minimum absolute atomic E-state index is 0.196. The maximum atomic E-state index is 11.9. The Hall–Kier alpha value is -1.95. The molecule has 0 bridgehead atoms. The van der Waals surface area contributed by atoms with Gasteiger partial charge in [0.25, 0.3) is 5.91 Å². The molecule has 100 valence electrons. The van der Waals surface area contributed by atoms with Crippen molar-refractivity contribution >= 4 is 28.1 Å². The SMILES string of the molecule is CCCCc1nnc(NC(=O)c2ccc(N)cc2)s1. The van der Waals surface area contributed by atoms with Crippen LogP contribution >= 0.6 is 11.3 Å². The summed E-state index contributed by atoms with van der Waals surface area (Å²) in [6.07, 6.45) is 3.11. The number of carbonyl (C=O) groups is 1. The quantitative estimate of drug-likeness (QED) is 0.823. The molecule has 1 aromatic carbocycles. The predicted molar refractivity (Wildman–Crippen MR) is 77.3 cm³/mol. The molecule has 0 saturated carbocycles. The largest absolute Gasteiger partial charge is 0.399 e. The van der Waals surface area contributed by atoms with E-state index in [1.54, 1.807) is 24.3 Å². The number of rotatable bonds is 5. The summed E-state index contributed by atoms with van der Waals surface area (Å²) in [5.41, 5.74) is 6.77. The minimum Gasteiger partial charge on any atom is -0.399 e. The van der Waals surface area contributed by atoms with Crippen LogP contribution in [0.2, 0.25) is 0 Å². The Morgan fingerprint density at radius 1 is 1.32 bits per heavy atom. The Morgan fingerprint density at radius 2 is 2.05 bits per heavy atom. The number of unbranched alkanes of at least 4 members (excludes halogenated alkanes) is 1. The van der Waals surface area contributed by atoms with Crippen molar-refractivity contribution in [3.63, 3.8) is 0 Å². The monoisotopic (exact) mass is 276 g/mol. The number of nitrogen functional groups attached to an aromatic ring is 1. The molecule has 0 saturated heterocycles. The first-order chi connectivity index (χ1) is 9.19. The van der Waals surface area contributed by atoms with Crippen LogP contribution in [0.4, 0.5) is 10.8 Å². The molecular weight excluding hydrogens is 260 g/mol. The molecule has 2 aromatic rings. The number of nitrogens with one attached hydrogen (secondary N) is 1. The highest BCUT2D eigenvalue weighted by Crippen LogP contribution is 2.18. The van der Waals surface area contributed by atoms with Crippen LogP contribution in [0.1, 0.15) is 35.1 Å². The first kappa shape index (κ1) is 13.5. The van der Waals surface area contributed by atoms with Gasteiger partial charge in [0, 0.05) is 17.7 Å². The van der Waals surface area contributed by atoms with Gasteiger partial charge < -0.3 is 5.73 Å². The first-order valence-electron chi connectivity index (χ1n) is 6.18. The summed E-state index contributed by atoms with van der Waals surface area (Å²) in [6.45, 7) is 2.13. The number of aromatic nitrogens is 2. The van der Waals surface area contributed by atoms with Crippen molar-refractivity contribution in [3.05, 3.63) is 34.8 Å². The molecule has 5 nitrogen and oxygen atoms in total. The number of hydrogen-bond donors (Lipinski definition) is 2. The maximum absolute atomic E-state index is 11.9. The first-order valence-corrected chi connectivity index (χ1v) is 7.00. The van der Waals surface area contributed by atoms with Gasteiger partial charge in [0.1, 0.15) is 5.01 Å². The average molecular weight is 276 g/mol. The van der Waals surface area contributed by atoms with E-state index in [0.29, 0.717) is 16.4 Å². The summed E-state index contributed by atoms with van der Waals surface area (Å²) < 4.78 is 0. The van der Waals surface area contributed by atoms with Gasteiger partial charge in [-0.25, -0.2) is 0 Å². The number of anilines is 2. The third-order valence-electron chi connectivity index (χ3n) is 2.60. The molecule has 0 aliphatic carbocycles. The number of nitrogens with two attached hydrogens (primary N) is 1. The van der Waals surface area contributed by atoms with Crippen LogP contribution in [0.15, 0.2) is 24.3 Å². The highest BCUT2D eigenvalue weighted by Gasteiger charge is 2.09. The molecule has 0 aliphatic rings. The highest BCUT2D eigenvalue weighted by atomic mass is 32.1. The summed E-state index contributed by atoms with van der Waals surface area (Å²) in [5, 5.41) is 12.2. The Labute approximate surface area is 115 Å². The summed E-state index contributed by atoms with van der Waals surface area (Å²) >= 11 is 1.42. The fraction of sp³-hybridized carbons (Fsp3) is 0.308. The van der Waals surface area contributed by atoms with Crippen LogP contribution in [0.25, 0.3) is 0 Å². The second kappa shape index (κ2) is 6.29. The predicted octanol–water partition coefficient (Wildman–Crippen LogP) is 2.72. The minimum atomic E-state index is -0.196. The molecular formula is C13H16N4OS. The Bertz CT molecular complexity index is 550. The average Bonchev–Trinajstić information content (AvgIpc) is 2.84. The number of amides is 1. The van der Waals surface area contributed by atoms with E-state index in [4.69, 9.17) is 5.73 Å². The lowest BCUT2D eigenvalue weighted by molar-refractivity contribution is 0.102. The lowest BCUT2D eigenvalue weighted by Gasteiger charge is -2.01. The number of aryl methyl sites for hydroxylation is 1. The van der Waals surface area contributed by atoms with Gasteiger partial charge in [-0.15, -0.1) is 10.2 Å². The van der Waals surface area contributed by atoms with Gasteiger partial charge in [0.2, 0.25) is 5.13 Å². The van der Waals surface area contributed by atoms with E-state index < -0.39 is 0 Å². The smallest absolute Gasteiger partial charge is 0.257 e. The van der Waals surface area contributed by atoms with Crippen molar-refractivity contribution in [3.8, 4) is 0 Å². The van der Waals surface area contributed by atoms with Crippen LogP contribution < -0.4 is 11.1 Å². The lowest BCUT2D eigenvalue weighted by atomic mass is 10.2. The number of carbonyl (C=O) groups excluding carboxylic acids is 1. The van der Waals surface area contributed by atoms with Crippen molar-refractivity contribution < 1.29 is 4.79 Å². The fourth-order valence-corrected chi connectivity index (χ4v) is 2.31. The third kappa shape index (κ3) is 3.75. The number of nitrogens with zero attached hydrogens (tertiary/aromatic N) is 2. The molecule has 3 N–H and O–H groups in total. The lowest BCUT2D eigenvalue weighted by Crippen LogP contribution is -2.11. The highest BCUT2D eigenvalue weighted by molar-refractivity contribution is 7.15. The van der Waals surface area contributed by atoms with Gasteiger partial charge in [-0.3, -0.25) is 10.1 Å². The van der Waals surface area contributed by atoms with E-state index in [-0.39, 0.29) is 5.91 Å². The van der Waals surface area contributed by atoms with Crippen molar-refractivity contribution in [1.82, 2.24) is 10.2 Å². The van der Waals surface area contributed by atoms with Crippen LogP contribution in [0, 0.1) is 0 Å². The van der Waals surface area contributed by atoms with E-state index in [1.165, 1.54) is 11.3 Å². The molecule has 19 heavy (non-hydrogen) atoms. The molecule has 0 spiro atoms. The second-order valence-corrected chi connectivity index (χ2v) is 5.24. The Balaban J connectivity index is 1.98. The van der Waals surface area contributed by atoms with Gasteiger partial charge >= 0.3 is 0 Å². The van der Waals surface area contributed by atoms with Crippen molar-refractivity contribution in [2.45, 2.75) is 26.2 Å². The molecule has 0 radical (unpaired) electrons. The number of benzene rings is 1. The van der Waals surface area contributed by atoms with Crippen molar-refractivity contribution in [2.75, 3.05) is 11.1 Å². The zero-order valence-corrected chi connectivity index (χ0v) is 11.5. The van der Waals surface area contributed by atoms with Crippen LogP contribution in [0.5, 0.6) is 0 Å².